The number of sulfonamides is 1. The van der Waals surface area contributed by atoms with Crippen LogP contribution in [0.4, 0.5) is 0 Å². The fourth-order valence-corrected chi connectivity index (χ4v) is 3.55. The third kappa shape index (κ3) is 4.60. The van der Waals surface area contributed by atoms with E-state index >= 15 is 0 Å². The van der Waals surface area contributed by atoms with E-state index in [2.05, 4.69) is 4.72 Å². The molecule has 0 aliphatic carbocycles. The molecule has 1 heterocycles. The molecule has 4 nitrogen and oxygen atoms in total. The first-order valence-electron chi connectivity index (χ1n) is 6.66. The third-order valence-electron chi connectivity index (χ3n) is 3.54. The van der Waals surface area contributed by atoms with Gasteiger partial charge >= 0.3 is 0 Å². The van der Waals surface area contributed by atoms with Crippen molar-refractivity contribution in [2.45, 2.75) is 25.5 Å². The summed E-state index contributed by atoms with van der Waals surface area (Å²) in [5.74, 6) is 0.462. The first-order valence-corrected chi connectivity index (χ1v) is 8.31. The Balaban J connectivity index is 1.90. The molecule has 0 unspecified atom stereocenters. The van der Waals surface area contributed by atoms with Crippen LogP contribution in [0.25, 0.3) is 0 Å². The van der Waals surface area contributed by atoms with Gasteiger partial charge in [0.15, 0.2) is 0 Å². The molecule has 0 aromatic heterocycles. The highest BCUT2D eigenvalue weighted by Crippen LogP contribution is 2.15. The minimum absolute atomic E-state index is 0.0584. The Morgan fingerprint density at radius 2 is 1.95 bits per heavy atom. The molecule has 1 aromatic rings. The molecule has 0 saturated carbocycles. The molecule has 1 aliphatic rings. The second-order valence-electron chi connectivity index (χ2n) is 5.09. The first kappa shape index (κ1) is 14.5. The van der Waals surface area contributed by atoms with Crippen LogP contribution in [0.1, 0.15) is 24.0 Å². The molecule has 0 atom stereocenters. The smallest absolute Gasteiger partial charge is 0.215 e. The van der Waals surface area contributed by atoms with Gasteiger partial charge in [-0.15, -0.1) is 0 Å². The van der Waals surface area contributed by atoms with Crippen molar-refractivity contribution in [3.05, 3.63) is 35.4 Å². The van der Waals surface area contributed by atoms with Gasteiger partial charge in [0.05, 0.1) is 5.75 Å². The number of hydrogen-bond acceptors (Lipinski definition) is 3. The SMILES string of the molecule is Cc1ccccc1CS(=O)(=O)NCC1CCOCC1. The van der Waals surface area contributed by atoms with Gasteiger partial charge < -0.3 is 4.74 Å². The van der Waals surface area contributed by atoms with Crippen LogP contribution in [0.3, 0.4) is 0 Å². The van der Waals surface area contributed by atoms with Crippen molar-refractivity contribution in [3.63, 3.8) is 0 Å². The summed E-state index contributed by atoms with van der Waals surface area (Å²) in [4.78, 5) is 0. The van der Waals surface area contributed by atoms with Crippen LogP contribution in [-0.2, 0) is 20.5 Å². The number of benzene rings is 1. The van der Waals surface area contributed by atoms with E-state index in [1.165, 1.54) is 0 Å². The van der Waals surface area contributed by atoms with E-state index in [0.29, 0.717) is 12.5 Å². The quantitative estimate of drug-likeness (QED) is 0.897. The zero-order valence-corrected chi connectivity index (χ0v) is 12.1. The largest absolute Gasteiger partial charge is 0.381 e. The Kier molecular flexibility index (Phi) is 4.96. The van der Waals surface area contributed by atoms with Crippen LogP contribution in [0.5, 0.6) is 0 Å². The highest BCUT2D eigenvalue weighted by atomic mass is 32.2. The average Bonchev–Trinajstić information content (AvgIpc) is 2.40. The molecule has 0 amide bonds. The highest BCUT2D eigenvalue weighted by Gasteiger charge is 2.18. The predicted octanol–water partition coefficient (Wildman–Crippen LogP) is 1.84. The summed E-state index contributed by atoms with van der Waals surface area (Å²) in [5, 5.41) is 0. The number of rotatable bonds is 5. The molecule has 1 aromatic carbocycles. The monoisotopic (exact) mass is 283 g/mol. The lowest BCUT2D eigenvalue weighted by Crippen LogP contribution is -2.33. The maximum absolute atomic E-state index is 12.1. The van der Waals surface area contributed by atoms with Gasteiger partial charge in [-0.05, 0) is 36.8 Å². The normalized spacial score (nSPS) is 17.5. The van der Waals surface area contributed by atoms with Crippen LogP contribution < -0.4 is 4.72 Å². The molecular weight excluding hydrogens is 262 g/mol. The van der Waals surface area contributed by atoms with Crippen LogP contribution >= 0.6 is 0 Å². The molecule has 1 fully saturated rings. The zero-order valence-electron chi connectivity index (χ0n) is 11.3. The van der Waals surface area contributed by atoms with Gasteiger partial charge in [-0.25, -0.2) is 13.1 Å². The Morgan fingerprint density at radius 3 is 2.63 bits per heavy atom. The van der Waals surface area contributed by atoms with E-state index < -0.39 is 10.0 Å². The van der Waals surface area contributed by atoms with E-state index in [0.717, 1.165) is 37.2 Å². The van der Waals surface area contributed by atoms with Crippen molar-refractivity contribution in [2.24, 2.45) is 5.92 Å². The Hall–Kier alpha value is -0.910. The van der Waals surface area contributed by atoms with E-state index in [-0.39, 0.29) is 5.75 Å². The summed E-state index contributed by atoms with van der Waals surface area (Å²) in [6.45, 7) is 3.94. The highest BCUT2D eigenvalue weighted by molar-refractivity contribution is 7.88. The van der Waals surface area contributed by atoms with Gasteiger partial charge in [0.1, 0.15) is 0 Å². The molecule has 2 rings (SSSR count). The van der Waals surface area contributed by atoms with Crippen molar-refractivity contribution >= 4 is 10.0 Å². The van der Waals surface area contributed by atoms with Crippen molar-refractivity contribution in [1.29, 1.82) is 0 Å². The standard InChI is InChI=1S/C14H21NO3S/c1-12-4-2-3-5-14(12)11-19(16,17)15-10-13-6-8-18-9-7-13/h2-5,13,15H,6-11H2,1H3. The minimum Gasteiger partial charge on any atom is -0.381 e. The molecule has 1 N–H and O–H groups in total. The Morgan fingerprint density at radius 1 is 1.26 bits per heavy atom. The second kappa shape index (κ2) is 6.50. The second-order valence-corrected chi connectivity index (χ2v) is 6.90. The third-order valence-corrected chi connectivity index (χ3v) is 4.84. The predicted molar refractivity (Wildman–Crippen MR) is 75.3 cm³/mol. The molecule has 106 valence electrons. The van der Waals surface area contributed by atoms with Gasteiger partial charge in [-0.2, -0.15) is 0 Å². The fraction of sp³-hybridized carbons (Fsp3) is 0.571. The van der Waals surface area contributed by atoms with Gasteiger partial charge in [-0.1, -0.05) is 24.3 Å². The van der Waals surface area contributed by atoms with Crippen LogP contribution in [0.2, 0.25) is 0 Å². The van der Waals surface area contributed by atoms with Crippen molar-refractivity contribution < 1.29 is 13.2 Å². The molecule has 1 aliphatic heterocycles. The number of aryl methyl sites for hydroxylation is 1. The molecule has 1 saturated heterocycles. The summed E-state index contributed by atoms with van der Waals surface area (Å²) in [7, 11) is -3.25. The summed E-state index contributed by atoms with van der Waals surface area (Å²) in [6.07, 6.45) is 1.87. The van der Waals surface area contributed by atoms with Crippen molar-refractivity contribution in [3.8, 4) is 0 Å². The lowest BCUT2D eigenvalue weighted by atomic mass is 10.0. The van der Waals surface area contributed by atoms with Crippen molar-refractivity contribution in [2.75, 3.05) is 19.8 Å². The van der Waals surface area contributed by atoms with Gasteiger partial charge in [0.2, 0.25) is 10.0 Å². The summed E-state index contributed by atoms with van der Waals surface area (Å²) >= 11 is 0. The lowest BCUT2D eigenvalue weighted by Gasteiger charge is -2.22. The average molecular weight is 283 g/mol. The Labute approximate surface area is 115 Å². The zero-order chi connectivity index (χ0) is 13.7. The number of hydrogen-bond donors (Lipinski definition) is 1. The summed E-state index contributed by atoms with van der Waals surface area (Å²) in [5.41, 5.74) is 1.88. The first-order chi connectivity index (χ1) is 9.07. The maximum Gasteiger partial charge on any atom is 0.215 e. The summed E-state index contributed by atoms with van der Waals surface area (Å²) < 4.78 is 32.1. The molecule has 0 spiro atoms. The molecule has 5 heteroatoms. The minimum atomic E-state index is -3.25. The van der Waals surface area contributed by atoms with Gasteiger partial charge in [-0.3, -0.25) is 0 Å². The topological polar surface area (TPSA) is 55.4 Å². The maximum atomic E-state index is 12.1. The van der Waals surface area contributed by atoms with E-state index in [9.17, 15) is 8.42 Å². The van der Waals surface area contributed by atoms with Gasteiger partial charge in [0, 0.05) is 19.8 Å². The molecule has 0 radical (unpaired) electrons. The van der Waals surface area contributed by atoms with E-state index in [4.69, 9.17) is 4.74 Å². The molecule has 19 heavy (non-hydrogen) atoms. The number of nitrogens with one attached hydrogen (secondary N) is 1. The van der Waals surface area contributed by atoms with E-state index in [1.54, 1.807) is 0 Å². The van der Waals surface area contributed by atoms with Crippen LogP contribution in [0, 0.1) is 12.8 Å². The Bertz CT molecular complexity index is 507. The fourth-order valence-electron chi connectivity index (χ4n) is 2.22. The van der Waals surface area contributed by atoms with E-state index in [1.807, 2.05) is 31.2 Å². The van der Waals surface area contributed by atoms with Gasteiger partial charge in [0.25, 0.3) is 0 Å². The summed E-state index contributed by atoms with van der Waals surface area (Å²) in [6, 6.07) is 7.59. The molecule has 0 bridgehead atoms. The van der Waals surface area contributed by atoms with Crippen molar-refractivity contribution in [1.82, 2.24) is 4.72 Å². The lowest BCUT2D eigenvalue weighted by molar-refractivity contribution is 0.0678. The van der Waals surface area contributed by atoms with Crippen LogP contribution in [0.15, 0.2) is 24.3 Å². The number of ether oxygens (including phenoxy) is 1. The molecular formula is C14H21NO3S. The van der Waals surface area contributed by atoms with Crippen LogP contribution in [-0.4, -0.2) is 28.2 Å².